The van der Waals surface area contributed by atoms with E-state index in [1.54, 1.807) is 18.2 Å². The van der Waals surface area contributed by atoms with Crippen molar-refractivity contribution >= 4 is 10.9 Å². The maximum atomic E-state index is 13.3. The Balaban J connectivity index is 1.59. The quantitative estimate of drug-likeness (QED) is 0.579. The molecule has 3 heterocycles. The predicted molar refractivity (Wildman–Crippen MR) is 102 cm³/mol. The molecule has 5 heteroatoms. The van der Waals surface area contributed by atoms with Crippen molar-refractivity contribution in [1.82, 2.24) is 14.5 Å². The molecule has 0 radical (unpaired) electrons. The maximum Gasteiger partial charge on any atom is 0.261 e. The summed E-state index contributed by atoms with van der Waals surface area (Å²) >= 11 is 0. The van der Waals surface area contributed by atoms with Gasteiger partial charge in [0.15, 0.2) is 0 Å². The molecule has 0 N–H and O–H groups in total. The first-order valence-corrected chi connectivity index (χ1v) is 9.25. The average molecular weight is 359 g/mol. The molecule has 3 aromatic rings. The first-order chi connectivity index (χ1) is 13.2. The number of benzene rings is 2. The van der Waals surface area contributed by atoms with Crippen LogP contribution in [0.5, 0.6) is 0 Å². The van der Waals surface area contributed by atoms with E-state index in [9.17, 15) is 9.18 Å². The minimum Gasteiger partial charge on any atom is -0.293 e. The third-order valence-corrected chi connectivity index (χ3v) is 5.43. The van der Waals surface area contributed by atoms with Crippen LogP contribution in [0.1, 0.15) is 35.8 Å². The topological polar surface area (TPSA) is 38.1 Å². The molecule has 1 unspecified atom stereocenters. The van der Waals surface area contributed by atoms with Crippen LogP contribution >= 0.6 is 0 Å². The van der Waals surface area contributed by atoms with E-state index >= 15 is 0 Å². The van der Waals surface area contributed by atoms with Gasteiger partial charge in [-0.15, -0.1) is 0 Å². The van der Waals surface area contributed by atoms with E-state index in [0.29, 0.717) is 23.0 Å². The first kappa shape index (κ1) is 16.2. The Morgan fingerprint density at radius 1 is 1.04 bits per heavy atom. The maximum absolute atomic E-state index is 13.3. The lowest BCUT2D eigenvalue weighted by Gasteiger charge is -2.31. The standard InChI is InChI=1S/C22H18FN3O/c23-17-4-1-3-15(13-17)6-7-16-8-9-18-19(14-16)24-21-20-5-2-10-25(20)11-12-26(21)22(18)27/h1,3-4,8-9,13-14,20H,2,5,10-12H2. The molecule has 0 aliphatic carbocycles. The zero-order valence-corrected chi connectivity index (χ0v) is 14.8. The highest BCUT2D eigenvalue weighted by Crippen LogP contribution is 2.33. The van der Waals surface area contributed by atoms with Gasteiger partial charge in [0.25, 0.3) is 5.56 Å². The van der Waals surface area contributed by atoms with Gasteiger partial charge in [0, 0.05) is 24.2 Å². The second kappa shape index (κ2) is 6.33. The summed E-state index contributed by atoms with van der Waals surface area (Å²) in [5.74, 6) is 6.60. The van der Waals surface area contributed by atoms with Crippen molar-refractivity contribution in [3.63, 3.8) is 0 Å². The normalized spacial score (nSPS) is 18.6. The molecule has 2 aliphatic rings. The Kier molecular flexibility index (Phi) is 3.80. The molecular weight excluding hydrogens is 341 g/mol. The minimum absolute atomic E-state index is 0.0335. The number of nitrogens with zero attached hydrogens (tertiary/aromatic N) is 3. The largest absolute Gasteiger partial charge is 0.293 e. The van der Waals surface area contributed by atoms with Crippen molar-refractivity contribution < 1.29 is 4.39 Å². The number of hydrogen-bond donors (Lipinski definition) is 0. The van der Waals surface area contributed by atoms with Gasteiger partial charge in [0.1, 0.15) is 11.6 Å². The van der Waals surface area contributed by atoms with Crippen LogP contribution in [-0.2, 0) is 6.54 Å². The Morgan fingerprint density at radius 3 is 2.74 bits per heavy atom. The first-order valence-electron chi connectivity index (χ1n) is 9.25. The zero-order valence-electron chi connectivity index (χ0n) is 14.8. The van der Waals surface area contributed by atoms with Crippen LogP contribution < -0.4 is 5.56 Å². The molecule has 2 aromatic carbocycles. The fourth-order valence-corrected chi connectivity index (χ4v) is 4.11. The SMILES string of the molecule is O=c1c2ccc(C#Cc3cccc(F)c3)cc2nc2n1CCN1CCCC21. The molecule has 1 atom stereocenters. The summed E-state index contributed by atoms with van der Waals surface area (Å²) in [5, 5.41) is 0.626. The van der Waals surface area contributed by atoms with Gasteiger partial charge in [0.05, 0.1) is 16.9 Å². The Bertz CT molecular complexity index is 1170. The molecule has 0 amide bonds. The summed E-state index contributed by atoms with van der Waals surface area (Å²) in [7, 11) is 0. The van der Waals surface area contributed by atoms with Gasteiger partial charge < -0.3 is 0 Å². The summed E-state index contributed by atoms with van der Waals surface area (Å²) in [6, 6.07) is 12.0. The summed E-state index contributed by atoms with van der Waals surface area (Å²) in [5.41, 5.74) is 2.11. The molecule has 134 valence electrons. The molecule has 27 heavy (non-hydrogen) atoms. The lowest BCUT2D eigenvalue weighted by atomic mass is 10.1. The zero-order chi connectivity index (χ0) is 18.4. The monoisotopic (exact) mass is 359 g/mol. The van der Waals surface area contributed by atoms with Crippen molar-refractivity contribution in [1.29, 1.82) is 0 Å². The second-order valence-corrected chi connectivity index (χ2v) is 7.11. The van der Waals surface area contributed by atoms with Crippen molar-refractivity contribution in [3.05, 3.63) is 75.6 Å². The van der Waals surface area contributed by atoms with Crippen LogP contribution in [0.15, 0.2) is 47.3 Å². The molecule has 1 fully saturated rings. The van der Waals surface area contributed by atoms with Crippen molar-refractivity contribution in [2.75, 3.05) is 13.1 Å². The number of rotatable bonds is 0. The van der Waals surface area contributed by atoms with E-state index in [-0.39, 0.29) is 17.4 Å². The number of hydrogen-bond acceptors (Lipinski definition) is 3. The van der Waals surface area contributed by atoms with E-state index in [1.807, 2.05) is 16.7 Å². The van der Waals surface area contributed by atoms with Gasteiger partial charge in [-0.05, 0) is 55.8 Å². The number of aromatic nitrogens is 2. The third-order valence-electron chi connectivity index (χ3n) is 5.43. The molecule has 1 aromatic heterocycles. The van der Waals surface area contributed by atoms with E-state index < -0.39 is 0 Å². The lowest BCUT2D eigenvalue weighted by Crippen LogP contribution is -2.40. The Labute approximate surface area is 156 Å². The second-order valence-electron chi connectivity index (χ2n) is 7.11. The van der Waals surface area contributed by atoms with Gasteiger partial charge in [-0.1, -0.05) is 17.9 Å². The molecule has 5 rings (SSSR count). The number of fused-ring (bicyclic) bond motifs is 4. The van der Waals surface area contributed by atoms with Gasteiger partial charge in [-0.2, -0.15) is 0 Å². The van der Waals surface area contributed by atoms with Gasteiger partial charge in [-0.3, -0.25) is 14.3 Å². The summed E-state index contributed by atoms with van der Waals surface area (Å²) in [6.45, 7) is 2.70. The lowest BCUT2D eigenvalue weighted by molar-refractivity contribution is 0.198. The summed E-state index contributed by atoms with van der Waals surface area (Å²) < 4.78 is 15.1. The van der Waals surface area contributed by atoms with Crippen molar-refractivity contribution in [2.24, 2.45) is 0 Å². The van der Waals surface area contributed by atoms with Gasteiger partial charge in [0.2, 0.25) is 0 Å². The average Bonchev–Trinajstić information content (AvgIpc) is 3.16. The summed E-state index contributed by atoms with van der Waals surface area (Å²) in [4.78, 5) is 20.2. The van der Waals surface area contributed by atoms with Crippen molar-refractivity contribution in [2.45, 2.75) is 25.4 Å². The van der Waals surface area contributed by atoms with E-state index in [0.717, 1.165) is 37.3 Å². The molecule has 2 aliphatic heterocycles. The van der Waals surface area contributed by atoms with Gasteiger partial charge >= 0.3 is 0 Å². The summed E-state index contributed by atoms with van der Waals surface area (Å²) in [6.07, 6.45) is 2.20. The van der Waals surface area contributed by atoms with Crippen LogP contribution in [0.4, 0.5) is 4.39 Å². The van der Waals surface area contributed by atoms with Crippen LogP contribution in [0.3, 0.4) is 0 Å². The highest BCUT2D eigenvalue weighted by Gasteiger charge is 2.33. The van der Waals surface area contributed by atoms with Crippen molar-refractivity contribution in [3.8, 4) is 11.8 Å². The number of halogens is 1. The minimum atomic E-state index is -0.303. The molecule has 4 nitrogen and oxygen atoms in total. The molecule has 0 bridgehead atoms. The fourth-order valence-electron chi connectivity index (χ4n) is 4.11. The highest BCUT2D eigenvalue weighted by atomic mass is 19.1. The van der Waals surface area contributed by atoms with E-state index in [2.05, 4.69) is 16.7 Å². The van der Waals surface area contributed by atoms with E-state index in [4.69, 9.17) is 4.98 Å². The van der Waals surface area contributed by atoms with Crippen LogP contribution in [-0.4, -0.2) is 27.5 Å². The third kappa shape index (κ3) is 2.83. The Hall–Kier alpha value is -2.97. The smallest absolute Gasteiger partial charge is 0.261 e. The molecular formula is C22H18FN3O. The predicted octanol–water partition coefficient (Wildman–Crippen LogP) is 3.09. The fraction of sp³-hybridized carbons (Fsp3) is 0.273. The van der Waals surface area contributed by atoms with Gasteiger partial charge in [-0.25, -0.2) is 9.37 Å². The molecule has 0 spiro atoms. The van der Waals surface area contributed by atoms with Crippen LogP contribution in [0, 0.1) is 17.7 Å². The van der Waals surface area contributed by atoms with Crippen LogP contribution in [0.25, 0.3) is 10.9 Å². The van der Waals surface area contributed by atoms with E-state index in [1.165, 1.54) is 12.1 Å². The highest BCUT2D eigenvalue weighted by molar-refractivity contribution is 5.79. The Morgan fingerprint density at radius 2 is 1.89 bits per heavy atom. The molecule has 1 saturated heterocycles. The van der Waals surface area contributed by atoms with Crippen LogP contribution in [0.2, 0.25) is 0 Å². The molecule has 0 saturated carbocycles.